The molecule has 2 aromatic carbocycles. The van der Waals surface area contributed by atoms with Gasteiger partial charge in [-0.1, -0.05) is 35.3 Å². The number of rotatable bonds is 5. The Hall–Kier alpha value is -2.83. The van der Waals surface area contributed by atoms with Crippen molar-refractivity contribution in [2.24, 2.45) is 5.10 Å². The average Bonchev–Trinajstić information content (AvgIpc) is 2.91. The second kappa shape index (κ2) is 8.24. The third-order valence-electron chi connectivity index (χ3n) is 3.84. The molecule has 0 saturated heterocycles. The van der Waals surface area contributed by atoms with Gasteiger partial charge in [0, 0.05) is 10.6 Å². The van der Waals surface area contributed by atoms with Crippen molar-refractivity contribution < 1.29 is 9.90 Å². The van der Waals surface area contributed by atoms with Gasteiger partial charge in [0.15, 0.2) is 0 Å². The maximum atomic E-state index is 12.0. The lowest BCUT2D eigenvalue weighted by atomic mass is 10.2. The third kappa shape index (κ3) is 4.67. The van der Waals surface area contributed by atoms with Gasteiger partial charge in [0.2, 0.25) is 0 Å². The molecule has 1 amide bonds. The summed E-state index contributed by atoms with van der Waals surface area (Å²) in [4.78, 5) is 12.0. The Morgan fingerprint density at radius 1 is 1.19 bits per heavy atom. The standard InChI is InChI=1S/C19H16Cl2N4O2/c1-12-17(10-22-23-19(27)14-4-8-16(26)9-5-14)18(21)25(24-12)11-13-2-6-15(20)7-3-13/h2-10,26H,11H2,1H3,(H,23,27)/b22-10-. The highest BCUT2D eigenvalue weighted by Crippen LogP contribution is 2.20. The number of benzene rings is 2. The highest BCUT2D eigenvalue weighted by atomic mass is 35.5. The average molecular weight is 403 g/mol. The minimum Gasteiger partial charge on any atom is -0.508 e. The van der Waals surface area contributed by atoms with E-state index in [1.807, 2.05) is 31.2 Å². The molecule has 0 aliphatic rings. The second-order valence-electron chi connectivity index (χ2n) is 5.82. The molecule has 0 radical (unpaired) electrons. The summed E-state index contributed by atoms with van der Waals surface area (Å²) in [6.45, 7) is 2.30. The molecule has 0 saturated carbocycles. The predicted molar refractivity (Wildman–Crippen MR) is 106 cm³/mol. The number of hydrazone groups is 1. The van der Waals surface area contributed by atoms with Crippen molar-refractivity contribution in [2.75, 3.05) is 0 Å². The van der Waals surface area contributed by atoms with Gasteiger partial charge >= 0.3 is 0 Å². The largest absolute Gasteiger partial charge is 0.508 e. The van der Waals surface area contributed by atoms with E-state index in [1.54, 1.807) is 4.68 Å². The molecule has 0 atom stereocenters. The maximum absolute atomic E-state index is 12.0. The number of carbonyl (C=O) groups is 1. The normalized spacial score (nSPS) is 11.1. The fraction of sp³-hybridized carbons (Fsp3) is 0.105. The van der Waals surface area contributed by atoms with Crippen LogP contribution in [-0.4, -0.2) is 27.0 Å². The summed E-state index contributed by atoms with van der Waals surface area (Å²) in [5, 5.41) is 18.7. The van der Waals surface area contributed by atoms with E-state index in [9.17, 15) is 9.90 Å². The van der Waals surface area contributed by atoms with Gasteiger partial charge in [0.25, 0.3) is 5.91 Å². The molecule has 0 aliphatic carbocycles. The van der Waals surface area contributed by atoms with Gasteiger partial charge in [-0.15, -0.1) is 0 Å². The zero-order chi connectivity index (χ0) is 19.4. The third-order valence-corrected chi connectivity index (χ3v) is 4.49. The van der Waals surface area contributed by atoms with Crippen LogP contribution in [-0.2, 0) is 6.54 Å². The van der Waals surface area contributed by atoms with Crippen molar-refractivity contribution in [2.45, 2.75) is 13.5 Å². The molecule has 0 aliphatic heterocycles. The van der Waals surface area contributed by atoms with E-state index >= 15 is 0 Å². The van der Waals surface area contributed by atoms with Gasteiger partial charge in [-0.3, -0.25) is 4.79 Å². The van der Waals surface area contributed by atoms with Gasteiger partial charge in [-0.25, -0.2) is 10.1 Å². The van der Waals surface area contributed by atoms with Crippen molar-refractivity contribution in [1.82, 2.24) is 15.2 Å². The molecule has 138 valence electrons. The molecule has 1 heterocycles. The fourth-order valence-electron chi connectivity index (χ4n) is 2.41. The number of hydrogen-bond donors (Lipinski definition) is 2. The second-order valence-corrected chi connectivity index (χ2v) is 6.61. The molecule has 6 nitrogen and oxygen atoms in total. The summed E-state index contributed by atoms with van der Waals surface area (Å²) in [7, 11) is 0. The van der Waals surface area contributed by atoms with Crippen molar-refractivity contribution in [3.05, 3.63) is 81.1 Å². The lowest BCUT2D eigenvalue weighted by molar-refractivity contribution is 0.0955. The van der Waals surface area contributed by atoms with Crippen LogP contribution in [0.2, 0.25) is 10.2 Å². The number of aryl methyl sites for hydroxylation is 1. The predicted octanol–water partition coefficient (Wildman–Crippen LogP) is 4.02. The summed E-state index contributed by atoms with van der Waals surface area (Å²) < 4.78 is 1.66. The van der Waals surface area contributed by atoms with E-state index < -0.39 is 5.91 Å². The van der Waals surface area contributed by atoms with E-state index in [2.05, 4.69) is 15.6 Å². The van der Waals surface area contributed by atoms with Crippen molar-refractivity contribution >= 4 is 35.3 Å². The molecule has 8 heteroatoms. The first kappa shape index (κ1) is 18.9. The topological polar surface area (TPSA) is 79.5 Å². The number of phenols is 1. The first-order chi connectivity index (χ1) is 12.9. The summed E-state index contributed by atoms with van der Waals surface area (Å²) >= 11 is 12.3. The molecule has 0 unspecified atom stereocenters. The SMILES string of the molecule is Cc1nn(Cc2ccc(Cl)cc2)c(Cl)c1/C=N\NC(=O)c1ccc(O)cc1. The fourth-order valence-corrected chi connectivity index (χ4v) is 2.82. The van der Waals surface area contributed by atoms with Crippen LogP contribution >= 0.6 is 23.2 Å². The summed E-state index contributed by atoms with van der Waals surface area (Å²) in [6.07, 6.45) is 1.46. The number of carbonyl (C=O) groups excluding carboxylic acids is 1. The minimum absolute atomic E-state index is 0.0885. The van der Waals surface area contributed by atoms with Crippen LogP contribution < -0.4 is 5.43 Å². The van der Waals surface area contributed by atoms with Crippen LogP contribution in [0, 0.1) is 6.92 Å². The molecule has 1 aromatic heterocycles. The quantitative estimate of drug-likeness (QED) is 0.499. The number of phenolic OH excluding ortho intramolecular Hbond substituents is 1. The van der Waals surface area contributed by atoms with Crippen LogP contribution in [0.15, 0.2) is 53.6 Å². The van der Waals surface area contributed by atoms with Gasteiger partial charge in [0.05, 0.1) is 24.0 Å². The lowest BCUT2D eigenvalue weighted by Crippen LogP contribution is -2.17. The smallest absolute Gasteiger partial charge is 0.271 e. The Morgan fingerprint density at radius 2 is 1.85 bits per heavy atom. The van der Waals surface area contributed by atoms with Gasteiger partial charge in [-0.05, 0) is 48.9 Å². The number of aromatic nitrogens is 2. The zero-order valence-corrected chi connectivity index (χ0v) is 15.9. The van der Waals surface area contributed by atoms with Gasteiger partial charge in [-0.2, -0.15) is 10.2 Å². The van der Waals surface area contributed by atoms with Crippen LogP contribution in [0.4, 0.5) is 0 Å². The minimum atomic E-state index is -0.395. The Labute approximate surface area is 166 Å². The monoisotopic (exact) mass is 402 g/mol. The van der Waals surface area contributed by atoms with Crippen LogP contribution in [0.3, 0.4) is 0 Å². The molecule has 2 N–H and O–H groups in total. The highest BCUT2D eigenvalue weighted by Gasteiger charge is 2.12. The molecular formula is C19H16Cl2N4O2. The van der Waals surface area contributed by atoms with E-state index in [4.69, 9.17) is 23.2 Å². The van der Waals surface area contributed by atoms with Gasteiger partial charge < -0.3 is 5.11 Å². The van der Waals surface area contributed by atoms with E-state index in [1.165, 1.54) is 30.5 Å². The molecule has 0 spiro atoms. The van der Waals surface area contributed by atoms with E-state index in [0.29, 0.717) is 33.5 Å². The van der Waals surface area contributed by atoms with Crippen molar-refractivity contribution in [3.63, 3.8) is 0 Å². The Kier molecular flexibility index (Phi) is 5.78. The zero-order valence-electron chi connectivity index (χ0n) is 14.4. The number of aromatic hydroxyl groups is 1. The van der Waals surface area contributed by atoms with Crippen molar-refractivity contribution in [3.8, 4) is 5.75 Å². The first-order valence-electron chi connectivity index (χ1n) is 8.04. The summed E-state index contributed by atoms with van der Waals surface area (Å²) in [6, 6.07) is 13.3. The molecule has 0 bridgehead atoms. The Bertz CT molecular complexity index is 980. The Morgan fingerprint density at radius 3 is 2.52 bits per heavy atom. The molecule has 3 aromatic rings. The van der Waals surface area contributed by atoms with E-state index in [-0.39, 0.29) is 5.75 Å². The van der Waals surface area contributed by atoms with Gasteiger partial charge in [0.1, 0.15) is 10.9 Å². The van der Waals surface area contributed by atoms with Crippen molar-refractivity contribution in [1.29, 1.82) is 0 Å². The number of hydrogen-bond acceptors (Lipinski definition) is 4. The molecule has 27 heavy (non-hydrogen) atoms. The number of amides is 1. The molecular weight excluding hydrogens is 387 g/mol. The lowest BCUT2D eigenvalue weighted by Gasteiger charge is -2.03. The van der Waals surface area contributed by atoms with Crippen LogP contribution in [0.25, 0.3) is 0 Å². The number of nitrogens with one attached hydrogen (secondary N) is 1. The first-order valence-corrected chi connectivity index (χ1v) is 8.79. The number of nitrogens with zero attached hydrogens (tertiary/aromatic N) is 3. The summed E-state index contributed by atoms with van der Waals surface area (Å²) in [5.41, 5.74) is 5.13. The highest BCUT2D eigenvalue weighted by molar-refractivity contribution is 6.32. The number of halogens is 2. The molecule has 0 fully saturated rings. The van der Waals surface area contributed by atoms with E-state index in [0.717, 1.165) is 5.56 Å². The molecule has 3 rings (SSSR count). The summed E-state index contributed by atoms with van der Waals surface area (Å²) in [5.74, 6) is -0.306. The Balaban J connectivity index is 1.70. The van der Waals surface area contributed by atoms with Crippen LogP contribution in [0.1, 0.15) is 27.2 Å². The maximum Gasteiger partial charge on any atom is 0.271 e. The van der Waals surface area contributed by atoms with Crippen LogP contribution in [0.5, 0.6) is 5.75 Å².